The van der Waals surface area contributed by atoms with Crippen LogP contribution in [-0.2, 0) is 25.6 Å². The van der Waals surface area contributed by atoms with Gasteiger partial charge in [0, 0.05) is 11.8 Å². The SMILES string of the molecule is CCOC(=O)c1cnn2cccc(COS(C)(=O)=O)c12. The highest BCUT2D eigenvalue weighted by atomic mass is 32.2. The normalized spacial score (nSPS) is 11.7. The summed E-state index contributed by atoms with van der Waals surface area (Å²) in [5.74, 6) is -0.505. The third kappa shape index (κ3) is 3.14. The monoisotopic (exact) mass is 298 g/mol. The molecule has 2 aromatic heterocycles. The molecule has 108 valence electrons. The van der Waals surface area contributed by atoms with Crippen molar-refractivity contribution in [3.63, 3.8) is 0 Å². The molecule has 2 heterocycles. The maximum absolute atomic E-state index is 11.8. The van der Waals surface area contributed by atoms with E-state index in [0.717, 1.165) is 6.26 Å². The van der Waals surface area contributed by atoms with Crippen LogP contribution in [0.4, 0.5) is 0 Å². The van der Waals surface area contributed by atoms with E-state index in [9.17, 15) is 13.2 Å². The molecular weight excluding hydrogens is 284 g/mol. The first-order valence-electron chi connectivity index (χ1n) is 5.89. The van der Waals surface area contributed by atoms with Crippen LogP contribution in [0.3, 0.4) is 0 Å². The van der Waals surface area contributed by atoms with Gasteiger partial charge in [0.2, 0.25) is 0 Å². The third-order valence-electron chi connectivity index (χ3n) is 2.55. The van der Waals surface area contributed by atoms with Crippen molar-refractivity contribution in [2.24, 2.45) is 0 Å². The van der Waals surface area contributed by atoms with Crippen molar-refractivity contribution < 1.29 is 22.1 Å². The summed E-state index contributed by atoms with van der Waals surface area (Å²) in [5, 5.41) is 4.04. The van der Waals surface area contributed by atoms with E-state index in [0.29, 0.717) is 11.1 Å². The number of ether oxygens (including phenoxy) is 1. The summed E-state index contributed by atoms with van der Waals surface area (Å²) in [7, 11) is -3.56. The smallest absolute Gasteiger partial charge is 0.341 e. The summed E-state index contributed by atoms with van der Waals surface area (Å²) < 4.78 is 33.3. The van der Waals surface area contributed by atoms with Crippen LogP contribution in [0.25, 0.3) is 5.52 Å². The highest BCUT2D eigenvalue weighted by molar-refractivity contribution is 7.85. The maximum atomic E-state index is 11.8. The fourth-order valence-corrected chi connectivity index (χ4v) is 2.10. The van der Waals surface area contributed by atoms with Gasteiger partial charge in [0.25, 0.3) is 10.1 Å². The van der Waals surface area contributed by atoms with Crippen molar-refractivity contribution in [2.75, 3.05) is 12.9 Å². The number of nitrogens with zero attached hydrogens (tertiary/aromatic N) is 2. The van der Waals surface area contributed by atoms with E-state index >= 15 is 0 Å². The van der Waals surface area contributed by atoms with E-state index in [1.54, 1.807) is 25.3 Å². The number of carbonyl (C=O) groups is 1. The minimum absolute atomic E-state index is 0.165. The molecule has 0 amide bonds. The summed E-state index contributed by atoms with van der Waals surface area (Å²) >= 11 is 0. The topological polar surface area (TPSA) is 87.0 Å². The Morgan fingerprint density at radius 2 is 2.20 bits per heavy atom. The van der Waals surface area contributed by atoms with Crippen molar-refractivity contribution in [3.05, 3.63) is 35.7 Å². The first-order chi connectivity index (χ1) is 9.42. The first kappa shape index (κ1) is 14.5. The predicted molar refractivity (Wildman–Crippen MR) is 70.8 cm³/mol. The molecule has 8 heteroatoms. The molecule has 0 saturated carbocycles. The van der Waals surface area contributed by atoms with Crippen molar-refractivity contribution in [1.82, 2.24) is 9.61 Å². The highest BCUT2D eigenvalue weighted by Crippen LogP contribution is 2.18. The van der Waals surface area contributed by atoms with Crippen LogP contribution in [-0.4, -0.2) is 36.9 Å². The van der Waals surface area contributed by atoms with Gasteiger partial charge in [-0.2, -0.15) is 13.5 Å². The number of carbonyl (C=O) groups excluding carboxylic acids is 1. The fraction of sp³-hybridized carbons (Fsp3) is 0.333. The van der Waals surface area contributed by atoms with E-state index in [1.165, 1.54) is 10.7 Å². The molecular formula is C12H14N2O5S. The maximum Gasteiger partial charge on any atom is 0.341 e. The molecule has 0 fully saturated rings. The number of hydrogen-bond donors (Lipinski definition) is 0. The number of hydrogen-bond acceptors (Lipinski definition) is 6. The standard InChI is InChI=1S/C12H14N2O5S/c1-3-18-12(15)10-7-13-14-6-4-5-9(11(10)14)8-19-20(2,16)17/h4-7H,3,8H2,1-2H3. The second-order valence-electron chi connectivity index (χ2n) is 4.07. The largest absolute Gasteiger partial charge is 0.462 e. The van der Waals surface area contributed by atoms with Gasteiger partial charge in [-0.15, -0.1) is 0 Å². The van der Waals surface area contributed by atoms with Crippen LogP contribution in [0.15, 0.2) is 24.5 Å². The second kappa shape index (κ2) is 5.59. The number of aromatic nitrogens is 2. The Balaban J connectivity index is 2.44. The summed E-state index contributed by atoms with van der Waals surface area (Å²) in [6.45, 7) is 1.79. The molecule has 0 aliphatic rings. The van der Waals surface area contributed by atoms with E-state index in [-0.39, 0.29) is 18.8 Å². The third-order valence-corrected chi connectivity index (χ3v) is 3.09. The van der Waals surface area contributed by atoms with Gasteiger partial charge in [0.1, 0.15) is 5.56 Å². The molecule has 0 spiro atoms. The molecule has 0 saturated heterocycles. The molecule has 0 aromatic carbocycles. The molecule has 0 bridgehead atoms. The number of esters is 1. The summed E-state index contributed by atoms with van der Waals surface area (Å²) in [6.07, 6.45) is 4.01. The van der Waals surface area contributed by atoms with E-state index < -0.39 is 16.1 Å². The molecule has 0 aliphatic carbocycles. The van der Waals surface area contributed by atoms with Gasteiger partial charge in [-0.3, -0.25) is 4.18 Å². The lowest BCUT2D eigenvalue weighted by molar-refractivity contribution is 0.0528. The number of rotatable bonds is 5. The quantitative estimate of drug-likeness (QED) is 0.604. The minimum atomic E-state index is -3.56. The van der Waals surface area contributed by atoms with Gasteiger partial charge < -0.3 is 4.74 Å². The summed E-state index contributed by atoms with van der Waals surface area (Å²) in [5.41, 5.74) is 1.30. The predicted octanol–water partition coefficient (Wildman–Crippen LogP) is 0.987. The molecule has 2 rings (SSSR count). The zero-order chi connectivity index (χ0) is 14.8. The summed E-state index contributed by atoms with van der Waals surface area (Å²) in [6, 6.07) is 3.36. The molecule has 0 aliphatic heterocycles. The Morgan fingerprint density at radius 3 is 2.85 bits per heavy atom. The van der Waals surface area contributed by atoms with Gasteiger partial charge in [0.05, 0.1) is 31.2 Å². The Hall–Kier alpha value is -1.93. The number of fused-ring (bicyclic) bond motifs is 1. The minimum Gasteiger partial charge on any atom is -0.462 e. The van der Waals surface area contributed by atoms with Crippen LogP contribution < -0.4 is 0 Å². The van der Waals surface area contributed by atoms with Crippen molar-refractivity contribution in [1.29, 1.82) is 0 Å². The van der Waals surface area contributed by atoms with Crippen molar-refractivity contribution in [2.45, 2.75) is 13.5 Å². The molecule has 0 radical (unpaired) electrons. The summed E-state index contributed by atoms with van der Waals surface area (Å²) in [4.78, 5) is 11.8. The number of pyridine rings is 1. The van der Waals surface area contributed by atoms with Crippen LogP contribution >= 0.6 is 0 Å². The van der Waals surface area contributed by atoms with Gasteiger partial charge in [-0.1, -0.05) is 6.07 Å². The Kier molecular flexibility index (Phi) is 4.05. The van der Waals surface area contributed by atoms with Gasteiger partial charge in [0.15, 0.2) is 0 Å². The van der Waals surface area contributed by atoms with Gasteiger partial charge in [-0.25, -0.2) is 9.31 Å². The molecule has 7 nitrogen and oxygen atoms in total. The lowest BCUT2D eigenvalue weighted by Crippen LogP contribution is -2.07. The fourth-order valence-electron chi connectivity index (χ4n) is 1.76. The van der Waals surface area contributed by atoms with Crippen LogP contribution in [0.2, 0.25) is 0 Å². The molecule has 0 atom stereocenters. The lowest BCUT2D eigenvalue weighted by atomic mass is 10.2. The second-order valence-corrected chi connectivity index (χ2v) is 5.72. The molecule has 2 aromatic rings. The van der Waals surface area contributed by atoms with Crippen molar-refractivity contribution >= 4 is 21.6 Å². The van der Waals surface area contributed by atoms with Crippen molar-refractivity contribution in [3.8, 4) is 0 Å². The highest BCUT2D eigenvalue weighted by Gasteiger charge is 2.17. The lowest BCUT2D eigenvalue weighted by Gasteiger charge is -2.06. The van der Waals surface area contributed by atoms with Crippen LogP contribution in [0, 0.1) is 0 Å². The van der Waals surface area contributed by atoms with E-state index in [2.05, 4.69) is 5.10 Å². The van der Waals surface area contributed by atoms with E-state index in [4.69, 9.17) is 8.92 Å². The van der Waals surface area contributed by atoms with Gasteiger partial charge in [-0.05, 0) is 13.0 Å². The Bertz CT molecular complexity index is 735. The molecule has 0 N–H and O–H groups in total. The zero-order valence-corrected chi connectivity index (χ0v) is 11.9. The van der Waals surface area contributed by atoms with Gasteiger partial charge >= 0.3 is 5.97 Å². The Morgan fingerprint density at radius 1 is 1.45 bits per heavy atom. The molecule has 0 unspecified atom stereocenters. The van der Waals surface area contributed by atoms with Crippen LogP contribution in [0.5, 0.6) is 0 Å². The zero-order valence-electron chi connectivity index (χ0n) is 11.1. The molecule has 20 heavy (non-hydrogen) atoms. The van der Waals surface area contributed by atoms with Crippen LogP contribution in [0.1, 0.15) is 22.8 Å². The first-order valence-corrected chi connectivity index (χ1v) is 7.71. The van der Waals surface area contributed by atoms with E-state index in [1.807, 2.05) is 0 Å². The Labute approximate surface area is 116 Å². The average Bonchev–Trinajstić information content (AvgIpc) is 2.80. The average molecular weight is 298 g/mol.